The van der Waals surface area contributed by atoms with Gasteiger partial charge in [0.1, 0.15) is 11.6 Å². The number of halogens is 3. The monoisotopic (exact) mass is 332 g/mol. The Balaban J connectivity index is 0.00000242. The quantitative estimate of drug-likeness (QED) is 0.888. The van der Waals surface area contributed by atoms with Gasteiger partial charge in [-0.3, -0.25) is 4.79 Å². The first-order chi connectivity index (χ1) is 10.0. The molecule has 1 aliphatic heterocycles. The summed E-state index contributed by atoms with van der Waals surface area (Å²) in [5.74, 6) is -1.30. The van der Waals surface area contributed by atoms with Gasteiger partial charge in [-0.1, -0.05) is 13.0 Å². The minimum absolute atomic E-state index is 0. The Bertz CT molecular complexity index is 513. The summed E-state index contributed by atoms with van der Waals surface area (Å²) in [5, 5.41) is 6.20. The molecule has 0 radical (unpaired) electrons. The summed E-state index contributed by atoms with van der Waals surface area (Å²) >= 11 is 0. The number of hydrogen-bond acceptors (Lipinski definition) is 2. The number of piperidine rings is 1. The number of nitrogens with one attached hydrogen (secondary N) is 2. The first kappa shape index (κ1) is 18.8. The molecule has 1 aromatic rings. The number of benzene rings is 1. The van der Waals surface area contributed by atoms with Crippen LogP contribution in [0.5, 0.6) is 0 Å². The van der Waals surface area contributed by atoms with Crippen LogP contribution < -0.4 is 10.6 Å². The Morgan fingerprint density at radius 2 is 2.18 bits per heavy atom. The maximum atomic E-state index is 13.8. The van der Waals surface area contributed by atoms with Crippen LogP contribution in [0.3, 0.4) is 0 Å². The van der Waals surface area contributed by atoms with E-state index in [9.17, 15) is 13.6 Å². The van der Waals surface area contributed by atoms with Crippen LogP contribution in [-0.4, -0.2) is 18.5 Å². The Hall–Kier alpha value is -1.20. The molecular formula is C16H23ClF2N2O. The van der Waals surface area contributed by atoms with Gasteiger partial charge in [0.2, 0.25) is 5.91 Å². The predicted octanol–water partition coefficient (Wildman–Crippen LogP) is 3.34. The number of rotatable bonds is 4. The summed E-state index contributed by atoms with van der Waals surface area (Å²) in [6, 6.07) is 3.39. The Morgan fingerprint density at radius 3 is 2.77 bits per heavy atom. The molecule has 1 saturated heterocycles. The molecule has 1 aliphatic rings. The normalized spacial score (nSPS) is 22.5. The molecule has 0 aromatic heterocycles. The molecule has 1 aromatic carbocycles. The molecule has 22 heavy (non-hydrogen) atoms. The average molecular weight is 333 g/mol. The van der Waals surface area contributed by atoms with E-state index in [-0.39, 0.29) is 24.2 Å². The zero-order chi connectivity index (χ0) is 15.4. The topological polar surface area (TPSA) is 41.1 Å². The third-order valence-corrected chi connectivity index (χ3v) is 4.06. The van der Waals surface area contributed by atoms with Crippen molar-refractivity contribution in [3.8, 4) is 0 Å². The molecule has 1 heterocycles. The van der Waals surface area contributed by atoms with Crippen molar-refractivity contribution in [2.75, 3.05) is 6.54 Å². The van der Waals surface area contributed by atoms with Gasteiger partial charge in [0.25, 0.3) is 0 Å². The van der Waals surface area contributed by atoms with Crippen LogP contribution in [0.15, 0.2) is 18.2 Å². The highest BCUT2D eigenvalue weighted by Crippen LogP contribution is 2.23. The fourth-order valence-corrected chi connectivity index (χ4v) is 2.84. The second-order valence-corrected chi connectivity index (χ2v) is 5.71. The lowest BCUT2D eigenvalue weighted by Crippen LogP contribution is -2.43. The highest BCUT2D eigenvalue weighted by Gasteiger charge is 2.27. The number of amides is 1. The molecule has 124 valence electrons. The maximum Gasteiger partial charge on any atom is 0.223 e. The van der Waals surface area contributed by atoms with E-state index in [0.717, 1.165) is 25.5 Å². The highest BCUT2D eigenvalue weighted by molar-refractivity contribution is 5.85. The van der Waals surface area contributed by atoms with Crippen molar-refractivity contribution in [3.63, 3.8) is 0 Å². The highest BCUT2D eigenvalue weighted by atomic mass is 35.5. The summed E-state index contributed by atoms with van der Waals surface area (Å²) in [4.78, 5) is 12.3. The smallest absolute Gasteiger partial charge is 0.223 e. The van der Waals surface area contributed by atoms with Crippen molar-refractivity contribution in [2.45, 2.75) is 45.2 Å². The molecule has 0 saturated carbocycles. The van der Waals surface area contributed by atoms with Crippen LogP contribution in [0, 0.1) is 17.6 Å². The number of carbonyl (C=O) groups is 1. The van der Waals surface area contributed by atoms with Gasteiger partial charge in [-0.05, 0) is 38.8 Å². The van der Waals surface area contributed by atoms with Gasteiger partial charge in [0.15, 0.2) is 0 Å². The third-order valence-electron chi connectivity index (χ3n) is 4.06. The van der Waals surface area contributed by atoms with E-state index in [1.165, 1.54) is 12.1 Å². The molecule has 1 fully saturated rings. The molecule has 0 bridgehead atoms. The zero-order valence-electron chi connectivity index (χ0n) is 12.9. The van der Waals surface area contributed by atoms with E-state index in [4.69, 9.17) is 0 Å². The van der Waals surface area contributed by atoms with Crippen LogP contribution in [0.2, 0.25) is 0 Å². The molecule has 0 spiro atoms. The lowest BCUT2D eigenvalue weighted by atomic mass is 9.91. The van der Waals surface area contributed by atoms with Gasteiger partial charge in [-0.2, -0.15) is 0 Å². The number of carbonyl (C=O) groups excluding carboxylic acids is 1. The summed E-state index contributed by atoms with van der Waals surface area (Å²) in [6.45, 7) is 4.75. The van der Waals surface area contributed by atoms with Crippen LogP contribution in [0.1, 0.15) is 44.7 Å². The molecule has 1 unspecified atom stereocenters. The van der Waals surface area contributed by atoms with Gasteiger partial charge in [-0.25, -0.2) is 8.78 Å². The molecule has 2 N–H and O–H groups in total. The van der Waals surface area contributed by atoms with Crippen LogP contribution in [0.25, 0.3) is 0 Å². The van der Waals surface area contributed by atoms with E-state index in [0.29, 0.717) is 18.0 Å². The maximum absolute atomic E-state index is 13.8. The van der Waals surface area contributed by atoms with Crippen molar-refractivity contribution < 1.29 is 13.6 Å². The standard InChI is InChI=1S/C16H22F2N2O.ClH/c1-3-15(13-5-4-12(17)9-14(13)18)20-16(21)11-6-7-19-10(2)8-11;/h4-5,9-11,15,19H,3,6-8H2,1-2H3,(H,20,21);1H/t10-,11-,15?;/m0./s1. The minimum Gasteiger partial charge on any atom is -0.349 e. The van der Waals surface area contributed by atoms with E-state index in [1.54, 1.807) is 0 Å². The molecule has 2 rings (SSSR count). The second kappa shape index (κ2) is 8.44. The van der Waals surface area contributed by atoms with Crippen molar-refractivity contribution >= 4 is 18.3 Å². The fourth-order valence-electron chi connectivity index (χ4n) is 2.84. The van der Waals surface area contributed by atoms with Gasteiger partial charge < -0.3 is 10.6 Å². The zero-order valence-corrected chi connectivity index (χ0v) is 13.7. The minimum atomic E-state index is -0.610. The molecule has 1 amide bonds. The van der Waals surface area contributed by atoms with Crippen molar-refractivity contribution in [1.29, 1.82) is 0 Å². The summed E-state index contributed by atoms with van der Waals surface area (Å²) in [7, 11) is 0. The molecule has 3 nitrogen and oxygen atoms in total. The summed E-state index contributed by atoms with van der Waals surface area (Å²) in [6.07, 6.45) is 2.14. The molecule has 3 atom stereocenters. The van der Waals surface area contributed by atoms with Crippen LogP contribution in [0.4, 0.5) is 8.78 Å². The largest absolute Gasteiger partial charge is 0.349 e. The Labute approximate surface area is 136 Å². The number of hydrogen-bond donors (Lipinski definition) is 2. The molecule has 0 aliphatic carbocycles. The van der Waals surface area contributed by atoms with Crippen LogP contribution in [-0.2, 0) is 4.79 Å². The fraction of sp³-hybridized carbons (Fsp3) is 0.562. The van der Waals surface area contributed by atoms with Gasteiger partial charge in [-0.15, -0.1) is 12.4 Å². The first-order valence-corrected chi connectivity index (χ1v) is 7.50. The first-order valence-electron chi connectivity index (χ1n) is 7.50. The predicted molar refractivity (Wildman–Crippen MR) is 85.0 cm³/mol. The van der Waals surface area contributed by atoms with Crippen molar-refractivity contribution in [1.82, 2.24) is 10.6 Å². The average Bonchev–Trinajstić information content (AvgIpc) is 2.45. The van der Waals surface area contributed by atoms with E-state index < -0.39 is 17.7 Å². The Kier molecular flexibility index (Phi) is 7.23. The van der Waals surface area contributed by atoms with E-state index in [2.05, 4.69) is 17.6 Å². The van der Waals surface area contributed by atoms with Crippen molar-refractivity contribution in [3.05, 3.63) is 35.4 Å². The SMILES string of the molecule is CCC(NC(=O)[C@H]1CCN[C@@H](C)C1)c1ccc(F)cc1F.Cl. The Morgan fingerprint density at radius 1 is 1.45 bits per heavy atom. The van der Waals surface area contributed by atoms with Crippen molar-refractivity contribution in [2.24, 2.45) is 5.92 Å². The lowest BCUT2D eigenvalue weighted by molar-refractivity contribution is -0.126. The summed E-state index contributed by atoms with van der Waals surface area (Å²) in [5.41, 5.74) is 0.342. The van der Waals surface area contributed by atoms with E-state index >= 15 is 0 Å². The summed E-state index contributed by atoms with van der Waals surface area (Å²) < 4.78 is 26.8. The van der Waals surface area contributed by atoms with Gasteiger partial charge in [0, 0.05) is 23.6 Å². The molecule has 6 heteroatoms. The van der Waals surface area contributed by atoms with Gasteiger partial charge in [0.05, 0.1) is 6.04 Å². The van der Waals surface area contributed by atoms with E-state index in [1.807, 2.05) is 6.92 Å². The lowest BCUT2D eigenvalue weighted by Gasteiger charge is -2.29. The van der Waals surface area contributed by atoms with Gasteiger partial charge >= 0.3 is 0 Å². The molecular weight excluding hydrogens is 310 g/mol. The second-order valence-electron chi connectivity index (χ2n) is 5.71. The third kappa shape index (κ3) is 4.65. The van der Waals surface area contributed by atoms with Crippen LogP contribution >= 0.6 is 12.4 Å².